The van der Waals surface area contributed by atoms with Crippen LogP contribution in [0.3, 0.4) is 0 Å². The molecule has 8 heteroatoms. The quantitative estimate of drug-likeness (QED) is 0.368. The van der Waals surface area contributed by atoms with Crippen LogP contribution in [0.5, 0.6) is 0 Å². The largest absolute Gasteiger partial charge is 0.381 e. The van der Waals surface area contributed by atoms with Crippen LogP contribution in [0.15, 0.2) is 41.8 Å². The zero-order valence-corrected chi connectivity index (χ0v) is 16.5. The van der Waals surface area contributed by atoms with Crippen LogP contribution in [0.25, 0.3) is 5.82 Å². The molecule has 0 radical (unpaired) electrons. The summed E-state index contributed by atoms with van der Waals surface area (Å²) in [5, 5.41) is 10.9. The molecule has 28 heavy (non-hydrogen) atoms. The van der Waals surface area contributed by atoms with Gasteiger partial charge in [-0.3, -0.25) is 0 Å². The van der Waals surface area contributed by atoms with Crippen LogP contribution < -0.4 is 10.6 Å². The van der Waals surface area contributed by atoms with E-state index in [-0.39, 0.29) is 0 Å². The molecule has 0 spiro atoms. The topological polar surface area (TPSA) is 85.6 Å². The van der Waals surface area contributed by atoms with Gasteiger partial charge in [-0.25, -0.2) is 14.7 Å². The third kappa shape index (κ3) is 6.61. The molecule has 2 aromatic heterocycles. The molecule has 0 saturated carbocycles. The maximum atomic E-state index is 5.74. The first-order valence-corrected chi connectivity index (χ1v) is 9.97. The molecule has 0 bridgehead atoms. The first-order chi connectivity index (χ1) is 13.8. The van der Waals surface area contributed by atoms with Crippen LogP contribution in [-0.4, -0.2) is 60.2 Å². The second kappa shape index (κ2) is 11.4. The number of nitrogens with one attached hydrogen (secondary N) is 2. The number of guanidine groups is 1. The van der Waals surface area contributed by atoms with E-state index in [9.17, 15) is 0 Å². The Morgan fingerprint density at radius 1 is 1.39 bits per heavy atom. The average molecular weight is 387 g/mol. The van der Waals surface area contributed by atoms with Gasteiger partial charge in [0.15, 0.2) is 11.8 Å². The van der Waals surface area contributed by atoms with E-state index in [1.54, 1.807) is 17.1 Å². The van der Waals surface area contributed by atoms with Crippen LogP contribution in [0.4, 0.5) is 0 Å². The van der Waals surface area contributed by atoms with Crippen molar-refractivity contribution in [2.75, 3.05) is 39.5 Å². The lowest BCUT2D eigenvalue weighted by Crippen LogP contribution is -2.38. The molecule has 1 unspecified atom stereocenters. The SMILES string of the molecule is CCNC(=NCc1ccnc(-n2cccn2)c1)NCCCOCC1CCOC1. The molecule has 1 atom stereocenters. The van der Waals surface area contributed by atoms with E-state index in [0.717, 1.165) is 69.7 Å². The molecule has 152 valence electrons. The molecule has 1 saturated heterocycles. The second-order valence-electron chi connectivity index (χ2n) is 6.75. The number of hydrogen-bond donors (Lipinski definition) is 2. The van der Waals surface area contributed by atoms with Crippen LogP contribution in [-0.2, 0) is 16.0 Å². The summed E-state index contributed by atoms with van der Waals surface area (Å²) in [6, 6.07) is 5.85. The lowest BCUT2D eigenvalue weighted by Gasteiger charge is -2.12. The Labute approximate surface area is 166 Å². The van der Waals surface area contributed by atoms with Gasteiger partial charge in [0, 0.05) is 50.8 Å². The van der Waals surface area contributed by atoms with E-state index in [4.69, 9.17) is 9.47 Å². The number of aromatic nitrogens is 3. The van der Waals surface area contributed by atoms with E-state index in [1.165, 1.54) is 0 Å². The molecule has 1 fully saturated rings. The van der Waals surface area contributed by atoms with Gasteiger partial charge in [0.1, 0.15) is 0 Å². The van der Waals surface area contributed by atoms with Crippen molar-refractivity contribution in [2.24, 2.45) is 10.9 Å². The molecular formula is C20H30N6O2. The highest BCUT2D eigenvalue weighted by atomic mass is 16.5. The van der Waals surface area contributed by atoms with Crippen molar-refractivity contribution in [3.8, 4) is 5.82 Å². The van der Waals surface area contributed by atoms with Crippen LogP contribution in [0.2, 0.25) is 0 Å². The Kier molecular flexibility index (Phi) is 8.26. The standard InChI is InChI=1S/C20H30N6O2/c1-2-21-20(23-7-4-11-27-15-18-6-12-28-16-18)24-14-17-5-9-22-19(13-17)26-10-3-8-25-26/h3,5,8-10,13,18H,2,4,6-7,11-12,14-16H2,1H3,(H2,21,23,24). The normalized spacial score (nSPS) is 17.0. The Morgan fingerprint density at radius 2 is 2.36 bits per heavy atom. The van der Waals surface area contributed by atoms with Gasteiger partial charge in [0.25, 0.3) is 0 Å². The van der Waals surface area contributed by atoms with E-state index in [1.807, 2.05) is 24.4 Å². The first-order valence-electron chi connectivity index (χ1n) is 9.97. The molecule has 0 aromatic carbocycles. The highest BCUT2D eigenvalue weighted by Crippen LogP contribution is 2.12. The minimum atomic E-state index is 0.568. The molecule has 1 aliphatic heterocycles. The zero-order chi connectivity index (χ0) is 19.4. The molecule has 3 rings (SSSR count). The Balaban J connectivity index is 1.41. The summed E-state index contributed by atoms with van der Waals surface area (Å²) in [5.74, 6) is 2.17. The van der Waals surface area contributed by atoms with Crippen molar-refractivity contribution in [1.82, 2.24) is 25.4 Å². The van der Waals surface area contributed by atoms with Crippen molar-refractivity contribution in [3.63, 3.8) is 0 Å². The number of rotatable bonds is 10. The first kappa shape index (κ1) is 20.3. The molecule has 8 nitrogen and oxygen atoms in total. The third-order valence-corrected chi connectivity index (χ3v) is 4.45. The predicted molar refractivity (Wildman–Crippen MR) is 109 cm³/mol. The van der Waals surface area contributed by atoms with Gasteiger partial charge >= 0.3 is 0 Å². The summed E-state index contributed by atoms with van der Waals surface area (Å²) < 4.78 is 12.8. The van der Waals surface area contributed by atoms with E-state index >= 15 is 0 Å². The summed E-state index contributed by atoms with van der Waals surface area (Å²) in [6.45, 7) is 7.54. The summed E-state index contributed by atoms with van der Waals surface area (Å²) in [7, 11) is 0. The lowest BCUT2D eigenvalue weighted by atomic mass is 10.1. The van der Waals surface area contributed by atoms with Gasteiger partial charge in [0.05, 0.1) is 19.8 Å². The van der Waals surface area contributed by atoms with Crippen LogP contribution in [0, 0.1) is 5.92 Å². The van der Waals surface area contributed by atoms with Gasteiger partial charge in [-0.05, 0) is 43.5 Å². The third-order valence-electron chi connectivity index (χ3n) is 4.45. The molecule has 0 amide bonds. The smallest absolute Gasteiger partial charge is 0.191 e. The van der Waals surface area contributed by atoms with Crippen LogP contribution >= 0.6 is 0 Å². The van der Waals surface area contributed by atoms with Gasteiger partial charge in [-0.1, -0.05) is 0 Å². The van der Waals surface area contributed by atoms with Crippen molar-refractivity contribution in [3.05, 3.63) is 42.4 Å². The zero-order valence-electron chi connectivity index (χ0n) is 16.5. The summed E-state index contributed by atoms with van der Waals surface area (Å²) in [5.41, 5.74) is 1.08. The summed E-state index contributed by atoms with van der Waals surface area (Å²) >= 11 is 0. The predicted octanol–water partition coefficient (Wildman–Crippen LogP) is 1.77. The molecular weight excluding hydrogens is 356 g/mol. The van der Waals surface area contributed by atoms with Gasteiger partial charge < -0.3 is 20.1 Å². The number of nitrogens with zero attached hydrogens (tertiary/aromatic N) is 4. The van der Waals surface area contributed by atoms with E-state index in [2.05, 4.69) is 32.6 Å². The Hall–Kier alpha value is -2.45. The van der Waals surface area contributed by atoms with Crippen molar-refractivity contribution < 1.29 is 9.47 Å². The number of ether oxygens (including phenoxy) is 2. The van der Waals surface area contributed by atoms with Gasteiger partial charge in [-0.2, -0.15) is 5.10 Å². The van der Waals surface area contributed by atoms with E-state index in [0.29, 0.717) is 12.5 Å². The fourth-order valence-electron chi connectivity index (χ4n) is 2.95. The number of pyridine rings is 1. The molecule has 3 heterocycles. The van der Waals surface area contributed by atoms with E-state index < -0.39 is 0 Å². The second-order valence-corrected chi connectivity index (χ2v) is 6.75. The summed E-state index contributed by atoms with van der Waals surface area (Å²) in [6.07, 6.45) is 7.46. The fourth-order valence-corrected chi connectivity index (χ4v) is 2.95. The number of aliphatic imine (C=N–C) groups is 1. The molecule has 0 aliphatic carbocycles. The number of hydrogen-bond acceptors (Lipinski definition) is 5. The van der Waals surface area contributed by atoms with Gasteiger partial charge in [-0.15, -0.1) is 0 Å². The highest BCUT2D eigenvalue weighted by molar-refractivity contribution is 5.79. The van der Waals surface area contributed by atoms with Gasteiger partial charge in [0.2, 0.25) is 0 Å². The minimum Gasteiger partial charge on any atom is -0.381 e. The van der Waals surface area contributed by atoms with Crippen LogP contribution in [0.1, 0.15) is 25.3 Å². The summed E-state index contributed by atoms with van der Waals surface area (Å²) in [4.78, 5) is 9.02. The Morgan fingerprint density at radius 3 is 3.14 bits per heavy atom. The fraction of sp³-hybridized carbons (Fsp3) is 0.550. The average Bonchev–Trinajstić information content (AvgIpc) is 3.43. The molecule has 2 aromatic rings. The lowest BCUT2D eigenvalue weighted by molar-refractivity contribution is 0.0888. The molecule has 1 aliphatic rings. The Bertz CT molecular complexity index is 713. The monoisotopic (exact) mass is 386 g/mol. The van der Waals surface area contributed by atoms with Crippen molar-refractivity contribution in [1.29, 1.82) is 0 Å². The molecule has 2 N–H and O–H groups in total. The van der Waals surface area contributed by atoms with Crippen molar-refractivity contribution >= 4 is 5.96 Å². The highest BCUT2D eigenvalue weighted by Gasteiger charge is 2.15. The maximum absolute atomic E-state index is 5.74. The van der Waals surface area contributed by atoms with Crippen molar-refractivity contribution in [2.45, 2.75) is 26.3 Å². The minimum absolute atomic E-state index is 0.568. The maximum Gasteiger partial charge on any atom is 0.191 e.